The minimum absolute atomic E-state index is 0.0561. The van der Waals surface area contributed by atoms with Crippen LogP contribution in [0.15, 0.2) is 24.3 Å². The molecule has 142 valence electrons. The van der Waals surface area contributed by atoms with Crippen molar-refractivity contribution in [3.05, 3.63) is 29.8 Å². The Morgan fingerprint density at radius 1 is 1.08 bits per heavy atom. The third kappa shape index (κ3) is 6.44. The van der Waals surface area contributed by atoms with Crippen molar-refractivity contribution in [3.63, 3.8) is 0 Å². The first kappa shape index (κ1) is 21.6. The van der Waals surface area contributed by atoms with Gasteiger partial charge in [0.15, 0.2) is 5.41 Å². The summed E-state index contributed by atoms with van der Waals surface area (Å²) in [7, 11) is 0. The highest BCUT2D eigenvalue weighted by Gasteiger charge is 2.45. The molecule has 0 aliphatic carbocycles. The average Bonchev–Trinajstić information content (AvgIpc) is 2.62. The molecule has 1 aromatic rings. The van der Waals surface area contributed by atoms with Crippen LogP contribution in [0.5, 0.6) is 5.75 Å². The lowest BCUT2D eigenvalue weighted by Crippen LogP contribution is -2.39. The van der Waals surface area contributed by atoms with Crippen molar-refractivity contribution in [1.82, 2.24) is 0 Å². The smallest absolute Gasteiger partial charge is 0.322 e. The topological polar surface area (TPSA) is 83.8 Å². The van der Waals surface area contributed by atoms with Crippen LogP contribution in [0.25, 0.3) is 0 Å². The molecule has 0 saturated carbocycles. The number of hydrogen-bond donors (Lipinski definition) is 2. The van der Waals surface area contributed by atoms with Crippen LogP contribution < -0.4 is 4.74 Å². The number of aliphatic carboxylic acids is 2. The number of terminal acetylenes is 1. The molecular formula is C21H28O5. The number of hydrogen-bond acceptors (Lipinski definition) is 3. The predicted molar refractivity (Wildman–Crippen MR) is 100 cm³/mol. The molecule has 0 amide bonds. The molecule has 0 bridgehead atoms. The van der Waals surface area contributed by atoms with Gasteiger partial charge >= 0.3 is 11.9 Å². The van der Waals surface area contributed by atoms with Gasteiger partial charge in [0.2, 0.25) is 0 Å². The van der Waals surface area contributed by atoms with Gasteiger partial charge in [-0.1, -0.05) is 44.7 Å². The van der Waals surface area contributed by atoms with Gasteiger partial charge < -0.3 is 14.9 Å². The molecule has 0 atom stereocenters. The van der Waals surface area contributed by atoms with Crippen LogP contribution in [-0.4, -0.2) is 28.8 Å². The summed E-state index contributed by atoms with van der Waals surface area (Å²) in [4.78, 5) is 22.9. The average molecular weight is 360 g/mol. The molecule has 0 saturated heterocycles. The standard InChI is InChI=1S/C21H28O5/c1-3-5-6-7-8-16-26-18-11-9-17(10-12-18)13-15-21(14-4-2,19(22)23)20(24)25/h2,9-12H,3,5-8,13-16H2,1H3,(H,22,23)(H,24,25). The molecule has 1 rings (SSSR count). The molecule has 5 nitrogen and oxygen atoms in total. The molecule has 2 N–H and O–H groups in total. The second-order valence-corrected chi connectivity index (χ2v) is 6.48. The van der Waals surface area contributed by atoms with E-state index >= 15 is 0 Å². The Labute approximate surface area is 155 Å². The van der Waals surface area contributed by atoms with E-state index in [4.69, 9.17) is 11.2 Å². The van der Waals surface area contributed by atoms with E-state index in [1.54, 1.807) is 0 Å². The highest BCUT2D eigenvalue weighted by molar-refractivity contribution is 5.98. The van der Waals surface area contributed by atoms with Gasteiger partial charge in [-0.3, -0.25) is 9.59 Å². The van der Waals surface area contributed by atoms with E-state index in [1.807, 2.05) is 24.3 Å². The van der Waals surface area contributed by atoms with E-state index in [1.165, 1.54) is 19.3 Å². The maximum absolute atomic E-state index is 11.4. The number of benzene rings is 1. The SMILES string of the molecule is C#CCC(CCc1ccc(OCCCCCCC)cc1)(C(=O)O)C(=O)O. The molecule has 0 aliphatic heterocycles. The maximum Gasteiger partial charge on any atom is 0.322 e. The summed E-state index contributed by atoms with van der Waals surface area (Å²) in [5.41, 5.74) is -1.09. The third-order valence-corrected chi connectivity index (χ3v) is 4.50. The first-order valence-corrected chi connectivity index (χ1v) is 9.08. The van der Waals surface area contributed by atoms with Crippen molar-refractivity contribution < 1.29 is 24.5 Å². The van der Waals surface area contributed by atoms with E-state index < -0.39 is 17.4 Å². The zero-order valence-corrected chi connectivity index (χ0v) is 15.4. The zero-order valence-electron chi connectivity index (χ0n) is 15.4. The summed E-state index contributed by atoms with van der Waals surface area (Å²) in [5.74, 6) is 0.142. The Bertz CT molecular complexity index is 598. The van der Waals surface area contributed by atoms with Crippen LogP contribution in [0.2, 0.25) is 0 Å². The van der Waals surface area contributed by atoms with Crippen LogP contribution in [-0.2, 0) is 16.0 Å². The second-order valence-electron chi connectivity index (χ2n) is 6.48. The van der Waals surface area contributed by atoms with Crippen LogP contribution in [0.1, 0.15) is 57.4 Å². The minimum Gasteiger partial charge on any atom is -0.494 e. The lowest BCUT2D eigenvalue weighted by molar-refractivity contribution is -0.164. The third-order valence-electron chi connectivity index (χ3n) is 4.50. The summed E-state index contributed by atoms with van der Waals surface area (Å²) < 4.78 is 5.69. The molecule has 0 aliphatic rings. The molecule has 1 aromatic carbocycles. The molecule has 0 unspecified atom stereocenters. The van der Waals surface area contributed by atoms with Gasteiger partial charge in [0.1, 0.15) is 5.75 Å². The normalized spacial score (nSPS) is 10.9. The predicted octanol–water partition coefficient (Wildman–Crippen LogP) is 4.15. The van der Waals surface area contributed by atoms with Crippen LogP contribution in [0.3, 0.4) is 0 Å². The van der Waals surface area contributed by atoms with E-state index in [0.717, 1.165) is 24.2 Å². The molecular weight excluding hydrogens is 332 g/mol. The van der Waals surface area contributed by atoms with E-state index in [-0.39, 0.29) is 12.8 Å². The van der Waals surface area contributed by atoms with Gasteiger partial charge in [-0.2, -0.15) is 0 Å². The Morgan fingerprint density at radius 2 is 1.69 bits per heavy atom. The van der Waals surface area contributed by atoms with Crippen molar-refractivity contribution in [2.75, 3.05) is 6.61 Å². The molecule has 26 heavy (non-hydrogen) atoms. The fraction of sp³-hybridized carbons (Fsp3) is 0.524. The second kappa shape index (κ2) is 11.2. The maximum atomic E-state index is 11.4. The van der Waals surface area contributed by atoms with Crippen molar-refractivity contribution in [2.45, 2.75) is 58.3 Å². The van der Waals surface area contributed by atoms with Crippen LogP contribution >= 0.6 is 0 Å². The summed E-state index contributed by atoms with van der Waals surface area (Å²) in [5, 5.41) is 18.7. The first-order chi connectivity index (χ1) is 12.5. The number of carboxylic acids is 2. The summed E-state index contributed by atoms with van der Waals surface area (Å²) >= 11 is 0. The molecule has 5 heteroatoms. The summed E-state index contributed by atoms with van der Waals surface area (Å²) in [6.07, 6.45) is 11.0. The lowest BCUT2D eigenvalue weighted by Gasteiger charge is -2.22. The lowest BCUT2D eigenvalue weighted by atomic mass is 9.79. The number of carboxylic acid groups (broad SMARTS) is 2. The molecule has 0 spiro atoms. The number of unbranched alkanes of at least 4 members (excludes halogenated alkanes) is 4. The number of rotatable bonds is 13. The van der Waals surface area contributed by atoms with Gasteiger partial charge in [0.25, 0.3) is 0 Å². The Balaban J connectivity index is 2.54. The largest absolute Gasteiger partial charge is 0.494 e. The van der Waals surface area contributed by atoms with Gasteiger partial charge in [-0.25, -0.2) is 0 Å². The van der Waals surface area contributed by atoms with Gasteiger partial charge in [0, 0.05) is 6.42 Å². The van der Waals surface area contributed by atoms with Crippen molar-refractivity contribution in [3.8, 4) is 18.1 Å². The zero-order chi connectivity index (χ0) is 19.4. The van der Waals surface area contributed by atoms with Crippen LogP contribution in [0, 0.1) is 17.8 Å². The van der Waals surface area contributed by atoms with Crippen molar-refractivity contribution in [1.29, 1.82) is 0 Å². The number of aryl methyl sites for hydroxylation is 1. The fourth-order valence-corrected chi connectivity index (χ4v) is 2.72. The summed E-state index contributed by atoms with van der Waals surface area (Å²) in [6, 6.07) is 7.31. The Morgan fingerprint density at radius 3 is 2.23 bits per heavy atom. The quantitative estimate of drug-likeness (QED) is 0.314. The molecule has 0 radical (unpaired) electrons. The number of carbonyl (C=O) groups is 2. The van der Waals surface area contributed by atoms with Crippen molar-refractivity contribution >= 4 is 11.9 Å². The number of ether oxygens (including phenoxy) is 1. The van der Waals surface area contributed by atoms with Crippen LogP contribution in [0.4, 0.5) is 0 Å². The highest BCUT2D eigenvalue weighted by Crippen LogP contribution is 2.29. The van der Waals surface area contributed by atoms with E-state index in [0.29, 0.717) is 13.0 Å². The Kier molecular flexibility index (Phi) is 9.29. The van der Waals surface area contributed by atoms with Gasteiger partial charge in [-0.05, 0) is 37.0 Å². The molecule has 0 aromatic heterocycles. The van der Waals surface area contributed by atoms with Crippen molar-refractivity contribution in [2.24, 2.45) is 5.41 Å². The van der Waals surface area contributed by atoms with E-state index in [9.17, 15) is 19.8 Å². The summed E-state index contributed by atoms with van der Waals surface area (Å²) in [6.45, 7) is 2.86. The Hall–Kier alpha value is -2.48. The monoisotopic (exact) mass is 360 g/mol. The van der Waals surface area contributed by atoms with E-state index in [2.05, 4.69) is 12.8 Å². The van der Waals surface area contributed by atoms with Gasteiger partial charge in [-0.15, -0.1) is 12.3 Å². The molecule has 0 heterocycles. The first-order valence-electron chi connectivity index (χ1n) is 9.08. The molecule has 0 fully saturated rings. The van der Waals surface area contributed by atoms with Gasteiger partial charge in [0.05, 0.1) is 6.61 Å². The fourth-order valence-electron chi connectivity index (χ4n) is 2.72. The minimum atomic E-state index is -1.94. The highest BCUT2D eigenvalue weighted by atomic mass is 16.5.